The number of carbonyl (C=O) groups excluding carboxylic acids is 1. The molecule has 1 unspecified atom stereocenters. The van der Waals surface area contributed by atoms with Crippen molar-refractivity contribution in [2.24, 2.45) is 0 Å². The number of rotatable bonds is 1. The summed E-state index contributed by atoms with van der Waals surface area (Å²) in [5.74, 6) is -0.508. The third-order valence-corrected chi connectivity index (χ3v) is 6.48. The zero-order valence-electron chi connectivity index (χ0n) is 16.8. The topological polar surface area (TPSA) is 86.7 Å². The Bertz CT molecular complexity index is 1540. The number of esters is 1. The van der Waals surface area contributed by atoms with Crippen molar-refractivity contribution < 1.29 is 18.4 Å². The van der Waals surface area contributed by atoms with Crippen molar-refractivity contribution in [3.8, 4) is 5.75 Å². The number of benzene rings is 2. The van der Waals surface area contributed by atoms with E-state index in [9.17, 15) is 14.4 Å². The number of hydrogen-bond donors (Lipinski definition) is 0. The molecule has 6 heteroatoms. The summed E-state index contributed by atoms with van der Waals surface area (Å²) in [6.45, 7) is 1.88. The summed E-state index contributed by atoms with van der Waals surface area (Å²) < 4.78 is 17.1. The molecule has 0 amide bonds. The molecule has 1 atom stereocenters. The lowest BCUT2D eigenvalue weighted by molar-refractivity contribution is -0.135. The fourth-order valence-corrected chi connectivity index (χ4v) is 5.11. The van der Waals surface area contributed by atoms with Gasteiger partial charge in [0.25, 0.3) is 0 Å². The molecule has 0 spiro atoms. The van der Waals surface area contributed by atoms with Crippen LogP contribution in [0, 0.1) is 6.92 Å². The normalized spacial score (nSPS) is 17.6. The highest BCUT2D eigenvalue weighted by atomic mass is 16.5. The molecule has 0 bridgehead atoms. The van der Waals surface area contributed by atoms with Crippen LogP contribution in [0.2, 0.25) is 0 Å². The van der Waals surface area contributed by atoms with E-state index in [1.807, 2.05) is 19.1 Å². The van der Waals surface area contributed by atoms with E-state index in [1.165, 1.54) is 6.26 Å². The minimum Gasteiger partial charge on any atom is -0.464 e. The molecular weight excluding hydrogens is 396 g/mol. The van der Waals surface area contributed by atoms with Gasteiger partial charge in [-0.1, -0.05) is 12.1 Å². The lowest BCUT2D eigenvalue weighted by Crippen LogP contribution is -2.26. The highest BCUT2D eigenvalue weighted by Gasteiger charge is 2.36. The van der Waals surface area contributed by atoms with E-state index < -0.39 is 11.9 Å². The minimum absolute atomic E-state index is 0.0431. The van der Waals surface area contributed by atoms with E-state index in [1.54, 1.807) is 18.2 Å². The second kappa shape index (κ2) is 6.41. The van der Waals surface area contributed by atoms with Crippen molar-refractivity contribution in [2.75, 3.05) is 0 Å². The Morgan fingerprint density at radius 2 is 1.81 bits per heavy atom. The molecule has 1 aliphatic carbocycles. The third-order valence-electron chi connectivity index (χ3n) is 6.48. The van der Waals surface area contributed by atoms with Gasteiger partial charge in [-0.25, -0.2) is 4.79 Å². The molecule has 0 radical (unpaired) electrons. The Hall–Kier alpha value is -3.67. The van der Waals surface area contributed by atoms with Crippen LogP contribution in [0.4, 0.5) is 0 Å². The Labute approximate surface area is 176 Å². The van der Waals surface area contributed by atoms with Gasteiger partial charge in [0.2, 0.25) is 0 Å². The SMILES string of the molecule is Cc1cc2oc(=O)c3c(c2c2c1C(c1coc4ccccc4c1=O)CC(=O)O2)CCC3. The largest absolute Gasteiger partial charge is 0.464 e. The molecule has 0 saturated heterocycles. The molecule has 3 heterocycles. The van der Waals surface area contributed by atoms with Crippen LogP contribution in [0.25, 0.3) is 21.9 Å². The highest BCUT2D eigenvalue weighted by molar-refractivity contribution is 5.95. The monoisotopic (exact) mass is 414 g/mol. The quantitative estimate of drug-likeness (QED) is 0.264. The average Bonchev–Trinajstić information content (AvgIpc) is 3.24. The van der Waals surface area contributed by atoms with Crippen LogP contribution in [-0.4, -0.2) is 5.97 Å². The first-order valence-corrected chi connectivity index (χ1v) is 10.4. The fourth-order valence-electron chi connectivity index (χ4n) is 5.11. The number of para-hydroxylation sites is 1. The van der Waals surface area contributed by atoms with Gasteiger partial charge in [0.1, 0.15) is 16.9 Å². The van der Waals surface area contributed by atoms with Crippen LogP contribution in [0.15, 0.2) is 55.0 Å². The smallest absolute Gasteiger partial charge is 0.339 e. The Balaban J connectivity index is 1.68. The van der Waals surface area contributed by atoms with Crippen molar-refractivity contribution in [1.82, 2.24) is 0 Å². The number of fused-ring (bicyclic) bond motifs is 6. The summed E-state index contributed by atoms with van der Waals surface area (Å²) in [4.78, 5) is 38.3. The molecule has 2 aromatic heterocycles. The second-order valence-electron chi connectivity index (χ2n) is 8.26. The van der Waals surface area contributed by atoms with Crippen molar-refractivity contribution >= 4 is 27.9 Å². The van der Waals surface area contributed by atoms with Gasteiger partial charge in [-0.2, -0.15) is 0 Å². The third kappa shape index (κ3) is 2.54. The predicted molar refractivity (Wildman–Crippen MR) is 114 cm³/mol. The van der Waals surface area contributed by atoms with Gasteiger partial charge in [0.05, 0.1) is 23.5 Å². The first-order valence-electron chi connectivity index (χ1n) is 10.4. The molecule has 6 nitrogen and oxygen atoms in total. The van der Waals surface area contributed by atoms with Gasteiger partial charge >= 0.3 is 11.6 Å². The van der Waals surface area contributed by atoms with Gasteiger partial charge in [0, 0.05) is 22.6 Å². The molecule has 2 aliphatic rings. The Morgan fingerprint density at radius 1 is 1.00 bits per heavy atom. The Morgan fingerprint density at radius 3 is 2.68 bits per heavy atom. The first kappa shape index (κ1) is 18.1. The lowest BCUT2D eigenvalue weighted by Gasteiger charge is -2.27. The molecule has 31 heavy (non-hydrogen) atoms. The van der Waals surface area contributed by atoms with Gasteiger partial charge in [-0.3, -0.25) is 9.59 Å². The van der Waals surface area contributed by atoms with Crippen LogP contribution in [0.5, 0.6) is 5.75 Å². The molecule has 1 aliphatic heterocycles. The highest BCUT2D eigenvalue weighted by Crippen LogP contribution is 2.46. The number of carbonyl (C=O) groups is 1. The lowest BCUT2D eigenvalue weighted by atomic mass is 9.82. The Kier molecular flexibility index (Phi) is 3.75. The summed E-state index contributed by atoms with van der Waals surface area (Å²) in [6.07, 6.45) is 3.74. The maximum atomic E-state index is 13.3. The molecule has 0 saturated carbocycles. The van der Waals surface area contributed by atoms with Crippen molar-refractivity contribution in [3.05, 3.63) is 85.1 Å². The zero-order chi connectivity index (χ0) is 21.3. The standard InChI is InChI=1S/C25H18O6/c1-12-9-19-22(13-6-4-7-14(13)25(28)30-19)24-21(12)16(10-20(26)31-24)17-11-29-18-8-3-2-5-15(18)23(17)27/h2-3,5,8-9,11,16H,4,6-7,10H2,1H3. The van der Waals surface area contributed by atoms with E-state index in [4.69, 9.17) is 13.6 Å². The first-order chi connectivity index (χ1) is 15.0. The molecule has 154 valence electrons. The predicted octanol–water partition coefficient (Wildman–Crippen LogP) is 4.14. The van der Waals surface area contributed by atoms with Crippen LogP contribution >= 0.6 is 0 Å². The second-order valence-corrected chi connectivity index (χ2v) is 8.26. The summed E-state index contributed by atoms with van der Waals surface area (Å²) >= 11 is 0. The average molecular weight is 414 g/mol. The number of aryl methyl sites for hydroxylation is 2. The van der Waals surface area contributed by atoms with E-state index in [0.29, 0.717) is 45.2 Å². The fraction of sp³-hybridized carbons (Fsp3) is 0.240. The van der Waals surface area contributed by atoms with E-state index in [2.05, 4.69) is 0 Å². The van der Waals surface area contributed by atoms with E-state index >= 15 is 0 Å². The summed E-state index contributed by atoms with van der Waals surface area (Å²) in [5.41, 5.74) is 3.98. The van der Waals surface area contributed by atoms with Gasteiger partial charge in [0.15, 0.2) is 5.43 Å². The molecular formula is C25H18O6. The summed E-state index contributed by atoms with van der Waals surface area (Å²) in [7, 11) is 0. The maximum absolute atomic E-state index is 13.3. The minimum atomic E-state index is -0.495. The van der Waals surface area contributed by atoms with Crippen LogP contribution in [0.1, 0.15) is 46.6 Å². The van der Waals surface area contributed by atoms with E-state index in [0.717, 1.165) is 29.5 Å². The van der Waals surface area contributed by atoms with Crippen molar-refractivity contribution in [3.63, 3.8) is 0 Å². The summed E-state index contributed by atoms with van der Waals surface area (Å²) in [5, 5.41) is 1.15. The molecule has 0 N–H and O–H groups in total. The van der Waals surface area contributed by atoms with E-state index in [-0.39, 0.29) is 17.5 Å². The van der Waals surface area contributed by atoms with Crippen LogP contribution < -0.4 is 15.8 Å². The van der Waals surface area contributed by atoms with Gasteiger partial charge in [-0.05, 0) is 55.5 Å². The zero-order valence-corrected chi connectivity index (χ0v) is 16.8. The van der Waals surface area contributed by atoms with Gasteiger partial charge in [-0.15, -0.1) is 0 Å². The molecule has 2 aromatic carbocycles. The summed E-state index contributed by atoms with van der Waals surface area (Å²) in [6, 6.07) is 8.87. The maximum Gasteiger partial charge on any atom is 0.339 e. The number of hydrogen-bond acceptors (Lipinski definition) is 6. The van der Waals surface area contributed by atoms with Crippen molar-refractivity contribution in [2.45, 2.75) is 38.5 Å². The van der Waals surface area contributed by atoms with Gasteiger partial charge < -0.3 is 13.6 Å². The molecule has 0 fully saturated rings. The number of ether oxygens (including phenoxy) is 1. The molecule has 4 aromatic rings. The van der Waals surface area contributed by atoms with Crippen LogP contribution in [0.3, 0.4) is 0 Å². The van der Waals surface area contributed by atoms with Crippen LogP contribution in [-0.2, 0) is 17.6 Å². The van der Waals surface area contributed by atoms with Crippen molar-refractivity contribution in [1.29, 1.82) is 0 Å². The molecule has 6 rings (SSSR count).